The topological polar surface area (TPSA) is 35.2 Å². The lowest BCUT2D eigenvalue weighted by Crippen LogP contribution is -2.19. The van der Waals surface area contributed by atoms with Crippen LogP contribution in [-0.4, -0.2) is 12.7 Å². The van der Waals surface area contributed by atoms with Crippen LogP contribution in [0, 0.1) is 0 Å². The maximum Gasteiger partial charge on any atom is 0.0578 e. The van der Waals surface area contributed by atoms with E-state index in [9.17, 15) is 0 Å². The second-order valence-corrected chi connectivity index (χ2v) is 4.27. The Hall–Kier alpha value is -1.02. The minimum Gasteiger partial charge on any atom is -0.399 e. The molecule has 2 heteroatoms. The summed E-state index contributed by atoms with van der Waals surface area (Å²) in [4.78, 5) is 0. The van der Waals surface area contributed by atoms with Gasteiger partial charge in [0.15, 0.2) is 0 Å². The molecule has 0 aromatic heterocycles. The van der Waals surface area contributed by atoms with Crippen LogP contribution in [0.1, 0.15) is 31.2 Å². The van der Waals surface area contributed by atoms with E-state index < -0.39 is 0 Å². The Bertz CT molecular complexity index is 305. The van der Waals surface area contributed by atoms with Gasteiger partial charge in [0.05, 0.1) is 6.10 Å². The van der Waals surface area contributed by atoms with Crippen LogP contribution in [0.4, 0.5) is 5.69 Å². The lowest BCUT2D eigenvalue weighted by molar-refractivity contribution is 0.0115. The van der Waals surface area contributed by atoms with Gasteiger partial charge < -0.3 is 10.5 Å². The van der Waals surface area contributed by atoms with Crippen molar-refractivity contribution in [1.29, 1.82) is 0 Å². The molecule has 82 valence electrons. The number of hydrogen-bond acceptors (Lipinski definition) is 2. The number of hydrogen-bond donors (Lipinski definition) is 1. The molecular weight excluding hydrogens is 186 g/mol. The predicted molar refractivity (Wildman–Crippen MR) is 62.8 cm³/mol. The van der Waals surface area contributed by atoms with Gasteiger partial charge in [-0.2, -0.15) is 0 Å². The van der Waals surface area contributed by atoms with Crippen LogP contribution in [0.25, 0.3) is 0 Å². The van der Waals surface area contributed by atoms with Gasteiger partial charge >= 0.3 is 0 Å². The smallest absolute Gasteiger partial charge is 0.0578 e. The zero-order valence-corrected chi connectivity index (χ0v) is 9.11. The van der Waals surface area contributed by atoms with E-state index in [1.807, 2.05) is 12.1 Å². The lowest BCUT2D eigenvalue weighted by Gasteiger charge is -2.22. The van der Waals surface area contributed by atoms with Crippen LogP contribution in [-0.2, 0) is 11.2 Å². The van der Waals surface area contributed by atoms with E-state index in [1.54, 1.807) is 0 Å². The highest BCUT2D eigenvalue weighted by molar-refractivity contribution is 5.40. The van der Waals surface area contributed by atoms with E-state index in [0.29, 0.717) is 6.10 Å². The third kappa shape index (κ3) is 3.24. The average molecular weight is 205 g/mol. The third-order valence-electron chi connectivity index (χ3n) is 2.98. The Morgan fingerprint density at radius 3 is 3.00 bits per heavy atom. The Morgan fingerprint density at radius 2 is 2.27 bits per heavy atom. The molecule has 1 heterocycles. The van der Waals surface area contributed by atoms with E-state index in [0.717, 1.165) is 25.1 Å². The van der Waals surface area contributed by atoms with E-state index in [4.69, 9.17) is 10.5 Å². The minimum atomic E-state index is 0.472. The second kappa shape index (κ2) is 5.17. The number of nitrogens with two attached hydrogens (primary N) is 1. The van der Waals surface area contributed by atoms with Crippen molar-refractivity contribution in [3.05, 3.63) is 29.8 Å². The molecular formula is C13H19NO. The van der Waals surface area contributed by atoms with Crippen molar-refractivity contribution in [1.82, 2.24) is 0 Å². The average Bonchev–Trinajstić information content (AvgIpc) is 2.28. The third-order valence-corrected chi connectivity index (χ3v) is 2.98. The molecule has 0 aliphatic carbocycles. The molecule has 15 heavy (non-hydrogen) atoms. The SMILES string of the molecule is Nc1cccc(CCC2CCCCO2)c1. The molecule has 2 nitrogen and oxygen atoms in total. The molecule has 1 saturated heterocycles. The first-order valence-corrected chi connectivity index (χ1v) is 5.80. The summed E-state index contributed by atoms with van der Waals surface area (Å²) in [7, 11) is 0. The van der Waals surface area contributed by atoms with Gasteiger partial charge in [0.1, 0.15) is 0 Å². The molecule has 0 spiro atoms. The zero-order valence-electron chi connectivity index (χ0n) is 9.11. The van der Waals surface area contributed by atoms with E-state index in [1.165, 1.54) is 24.8 Å². The number of aryl methyl sites for hydroxylation is 1. The molecule has 0 saturated carbocycles. The van der Waals surface area contributed by atoms with Gasteiger partial charge in [-0.1, -0.05) is 12.1 Å². The standard InChI is InChI=1S/C13H19NO/c14-12-5-3-4-11(10-12)7-8-13-6-1-2-9-15-13/h3-5,10,13H,1-2,6-9,14H2. The highest BCUT2D eigenvalue weighted by Gasteiger charge is 2.13. The molecule has 0 radical (unpaired) electrons. The van der Waals surface area contributed by atoms with Crippen molar-refractivity contribution in [3.63, 3.8) is 0 Å². The normalized spacial score (nSPS) is 21.5. The zero-order chi connectivity index (χ0) is 10.5. The quantitative estimate of drug-likeness (QED) is 0.770. The molecule has 0 bridgehead atoms. The van der Waals surface area contributed by atoms with E-state index in [2.05, 4.69) is 12.1 Å². The fourth-order valence-corrected chi connectivity index (χ4v) is 2.11. The Labute approximate surface area is 91.4 Å². The summed E-state index contributed by atoms with van der Waals surface area (Å²) in [6.07, 6.45) is 6.46. The molecule has 1 fully saturated rings. The Balaban J connectivity index is 1.81. The lowest BCUT2D eigenvalue weighted by atomic mass is 10.0. The van der Waals surface area contributed by atoms with Crippen LogP contribution in [0.5, 0.6) is 0 Å². The molecule has 1 aromatic rings. The van der Waals surface area contributed by atoms with Gasteiger partial charge in [-0.05, 0) is 49.8 Å². The summed E-state index contributed by atoms with van der Waals surface area (Å²) < 4.78 is 5.70. The first-order valence-electron chi connectivity index (χ1n) is 5.80. The van der Waals surface area contributed by atoms with Crippen LogP contribution < -0.4 is 5.73 Å². The molecule has 1 aromatic carbocycles. The number of ether oxygens (including phenoxy) is 1. The Kier molecular flexibility index (Phi) is 3.62. The van der Waals surface area contributed by atoms with Crippen LogP contribution >= 0.6 is 0 Å². The molecule has 2 rings (SSSR count). The van der Waals surface area contributed by atoms with Crippen LogP contribution in [0.2, 0.25) is 0 Å². The molecule has 0 amide bonds. The summed E-state index contributed by atoms with van der Waals surface area (Å²) in [5.41, 5.74) is 7.92. The number of benzene rings is 1. The maximum absolute atomic E-state index is 5.74. The monoisotopic (exact) mass is 205 g/mol. The van der Waals surface area contributed by atoms with Crippen molar-refractivity contribution in [2.45, 2.75) is 38.2 Å². The second-order valence-electron chi connectivity index (χ2n) is 4.27. The van der Waals surface area contributed by atoms with Gasteiger partial charge in [0.2, 0.25) is 0 Å². The molecule has 1 atom stereocenters. The molecule has 1 aliphatic heterocycles. The number of nitrogen functional groups attached to an aromatic ring is 1. The van der Waals surface area contributed by atoms with Crippen LogP contribution in [0.15, 0.2) is 24.3 Å². The Morgan fingerprint density at radius 1 is 1.33 bits per heavy atom. The first kappa shape index (κ1) is 10.5. The van der Waals surface area contributed by atoms with Crippen molar-refractivity contribution < 1.29 is 4.74 Å². The maximum atomic E-state index is 5.74. The predicted octanol–water partition coefficient (Wildman–Crippen LogP) is 2.77. The van der Waals surface area contributed by atoms with Crippen molar-refractivity contribution in [2.24, 2.45) is 0 Å². The summed E-state index contributed by atoms with van der Waals surface area (Å²) in [6, 6.07) is 8.15. The summed E-state index contributed by atoms with van der Waals surface area (Å²) >= 11 is 0. The minimum absolute atomic E-state index is 0.472. The van der Waals surface area contributed by atoms with Crippen molar-refractivity contribution in [2.75, 3.05) is 12.3 Å². The fourth-order valence-electron chi connectivity index (χ4n) is 2.11. The highest BCUT2D eigenvalue weighted by atomic mass is 16.5. The van der Waals surface area contributed by atoms with Gasteiger partial charge in [-0.15, -0.1) is 0 Å². The van der Waals surface area contributed by atoms with E-state index >= 15 is 0 Å². The van der Waals surface area contributed by atoms with E-state index in [-0.39, 0.29) is 0 Å². The van der Waals surface area contributed by atoms with Gasteiger partial charge in [0.25, 0.3) is 0 Å². The molecule has 1 aliphatic rings. The van der Waals surface area contributed by atoms with Gasteiger partial charge in [-0.3, -0.25) is 0 Å². The highest BCUT2D eigenvalue weighted by Crippen LogP contribution is 2.18. The summed E-state index contributed by atoms with van der Waals surface area (Å²) in [5.74, 6) is 0. The molecule has 2 N–H and O–H groups in total. The van der Waals surface area contributed by atoms with Crippen molar-refractivity contribution in [3.8, 4) is 0 Å². The van der Waals surface area contributed by atoms with Gasteiger partial charge in [0, 0.05) is 12.3 Å². The van der Waals surface area contributed by atoms with Crippen molar-refractivity contribution >= 4 is 5.69 Å². The van der Waals surface area contributed by atoms with Crippen LogP contribution in [0.3, 0.4) is 0 Å². The summed E-state index contributed by atoms with van der Waals surface area (Å²) in [5, 5.41) is 0. The first-order chi connectivity index (χ1) is 7.34. The van der Waals surface area contributed by atoms with Gasteiger partial charge in [-0.25, -0.2) is 0 Å². The molecule has 1 unspecified atom stereocenters. The largest absolute Gasteiger partial charge is 0.399 e. The number of anilines is 1. The fraction of sp³-hybridized carbons (Fsp3) is 0.538. The summed E-state index contributed by atoms with van der Waals surface area (Å²) in [6.45, 7) is 0.946. The number of rotatable bonds is 3.